The van der Waals surface area contributed by atoms with E-state index in [9.17, 15) is 19.5 Å². The number of amides is 3. The van der Waals surface area contributed by atoms with Crippen molar-refractivity contribution in [2.45, 2.75) is 48.9 Å². The zero-order valence-electron chi connectivity index (χ0n) is 17.4. The molecule has 3 N–H and O–H groups in total. The Morgan fingerprint density at radius 2 is 2.13 bits per heavy atom. The summed E-state index contributed by atoms with van der Waals surface area (Å²) in [5.41, 5.74) is 0.0681. The molecule has 1 spiro atoms. The third-order valence-electron chi connectivity index (χ3n) is 6.73. The van der Waals surface area contributed by atoms with Gasteiger partial charge in [0, 0.05) is 11.9 Å². The second kappa shape index (κ2) is 8.03. The molecule has 2 bridgehead atoms. The van der Waals surface area contributed by atoms with Crippen molar-refractivity contribution >= 4 is 50.9 Å². The van der Waals surface area contributed by atoms with Gasteiger partial charge in [0.15, 0.2) is 0 Å². The van der Waals surface area contributed by atoms with Crippen molar-refractivity contribution in [3.63, 3.8) is 0 Å². The Bertz CT molecular complexity index is 925. The summed E-state index contributed by atoms with van der Waals surface area (Å²) in [6, 6.07) is 3.64. The van der Waals surface area contributed by atoms with Crippen molar-refractivity contribution in [1.82, 2.24) is 10.2 Å². The molecule has 0 aliphatic carbocycles. The number of hydrogen-bond donors (Lipinski definition) is 3. The van der Waals surface area contributed by atoms with Crippen LogP contribution in [0.15, 0.2) is 18.2 Å². The van der Waals surface area contributed by atoms with Crippen LogP contribution in [0.25, 0.3) is 0 Å². The molecule has 10 heteroatoms. The lowest BCUT2D eigenvalue weighted by Crippen LogP contribution is -2.56. The second-order valence-electron chi connectivity index (χ2n) is 8.48. The standard InChI is InChI=1S/C21H25BrClN3O5/c1-9-5-4-6-12(23)15(9)25-19(29)17-21-7-11(22)16(31-21)13(18(28)24-3)14(21)20(30)26(17)10(2)8-27/h4-6,10-11,13-14,16-17,27H,7-8H2,1-3H3,(H,24,28)(H,25,29)/t10-,11?,13-,14+,16-,17?,21?/m1/s1. The fourth-order valence-corrected chi connectivity index (χ4v) is 6.59. The fraction of sp³-hybridized carbons (Fsp3) is 0.571. The highest BCUT2D eigenvalue weighted by molar-refractivity contribution is 9.09. The van der Waals surface area contributed by atoms with Crippen molar-refractivity contribution in [2.75, 3.05) is 19.0 Å². The average molecular weight is 515 g/mol. The number of carbonyl (C=O) groups excluding carboxylic acids is 3. The van der Waals surface area contributed by atoms with E-state index in [1.807, 2.05) is 13.0 Å². The molecule has 3 heterocycles. The van der Waals surface area contributed by atoms with E-state index in [1.54, 1.807) is 19.1 Å². The number of rotatable bonds is 5. The van der Waals surface area contributed by atoms with E-state index in [4.69, 9.17) is 16.3 Å². The van der Waals surface area contributed by atoms with Crippen molar-refractivity contribution in [1.29, 1.82) is 0 Å². The number of fused-ring (bicyclic) bond motifs is 1. The highest BCUT2D eigenvalue weighted by Crippen LogP contribution is 2.60. The number of likely N-dealkylation sites (tertiary alicyclic amines) is 1. The summed E-state index contributed by atoms with van der Waals surface area (Å²) in [4.78, 5) is 41.1. The van der Waals surface area contributed by atoms with Gasteiger partial charge in [-0.25, -0.2) is 0 Å². The summed E-state index contributed by atoms with van der Waals surface area (Å²) in [7, 11) is 1.52. The molecule has 3 aliphatic heterocycles. The van der Waals surface area contributed by atoms with Gasteiger partial charge in [-0.1, -0.05) is 39.7 Å². The van der Waals surface area contributed by atoms with Gasteiger partial charge in [0.2, 0.25) is 17.7 Å². The minimum Gasteiger partial charge on any atom is -0.394 e. The van der Waals surface area contributed by atoms with Crippen molar-refractivity contribution in [3.8, 4) is 0 Å². The molecular formula is C21H25BrClN3O5. The zero-order chi connectivity index (χ0) is 22.7. The molecule has 0 saturated carbocycles. The minimum atomic E-state index is -1.17. The Balaban J connectivity index is 1.78. The second-order valence-corrected chi connectivity index (χ2v) is 10.1. The third-order valence-corrected chi connectivity index (χ3v) is 7.89. The Morgan fingerprint density at radius 1 is 1.42 bits per heavy atom. The number of aliphatic hydroxyl groups is 1. The van der Waals surface area contributed by atoms with Crippen LogP contribution >= 0.6 is 27.5 Å². The Hall–Kier alpha value is -1.68. The number of anilines is 1. The van der Waals surface area contributed by atoms with Gasteiger partial charge in [0.05, 0.1) is 41.3 Å². The molecule has 3 amide bonds. The highest BCUT2D eigenvalue weighted by atomic mass is 79.9. The maximum Gasteiger partial charge on any atom is 0.250 e. The number of benzene rings is 1. The van der Waals surface area contributed by atoms with Crippen LogP contribution in [-0.2, 0) is 19.1 Å². The molecule has 4 rings (SSSR count). The number of nitrogens with one attached hydrogen (secondary N) is 2. The number of alkyl halides is 1. The first-order valence-corrected chi connectivity index (χ1v) is 11.5. The molecule has 3 unspecified atom stereocenters. The van der Waals surface area contributed by atoms with Crippen molar-refractivity contribution < 1.29 is 24.2 Å². The number of hydrogen-bond acceptors (Lipinski definition) is 5. The van der Waals surface area contributed by atoms with Gasteiger partial charge in [-0.05, 0) is 31.9 Å². The smallest absolute Gasteiger partial charge is 0.250 e. The topological polar surface area (TPSA) is 108 Å². The van der Waals surface area contributed by atoms with Crippen LogP contribution in [0.4, 0.5) is 5.69 Å². The number of para-hydroxylation sites is 1. The lowest BCUT2D eigenvalue weighted by atomic mass is 9.70. The number of aliphatic hydroxyl groups excluding tert-OH is 1. The van der Waals surface area contributed by atoms with Crippen LogP contribution in [0, 0.1) is 18.8 Å². The Morgan fingerprint density at radius 3 is 2.74 bits per heavy atom. The average Bonchev–Trinajstić information content (AvgIpc) is 3.33. The van der Waals surface area contributed by atoms with Crippen LogP contribution in [0.1, 0.15) is 18.9 Å². The molecular weight excluding hydrogens is 490 g/mol. The highest BCUT2D eigenvalue weighted by Gasteiger charge is 2.76. The molecule has 1 aromatic rings. The van der Waals surface area contributed by atoms with Gasteiger partial charge in [0.25, 0.3) is 0 Å². The van der Waals surface area contributed by atoms with Gasteiger partial charge < -0.3 is 25.4 Å². The van der Waals surface area contributed by atoms with E-state index in [0.717, 1.165) is 5.56 Å². The monoisotopic (exact) mass is 513 g/mol. The van der Waals surface area contributed by atoms with Gasteiger partial charge in [-0.2, -0.15) is 0 Å². The molecule has 0 aromatic heterocycles. The predicted octanol–water partition coefficient (Wildman–Crippen LogP) is 1.46. The lowest BCUT2D eigenvalue weighted by Gasteiger charge is -2.35. The van der Waals surface area contributed by atoms with Crippen LogP contribution in [0.3, 0.4) is 0 Å². The Labute approximate surface area is 193 Å². The molecule has 8 nitrogen and oxygen atoms in total. The largest absolute Gasteiger partial charge is 0.394 e. The van der Waals surface area contributed by atoms with Gasteiger partial charge >= 0.3 is 0 Å². The zero-order valence-corrected chi connectivity index (χ0v) is 19.7. The molecule has 7 atom stereocenters. The van der Waals surface area contributed by atoms with E-state index < -0.39 is 41.5 Å². The van der Waals surface area contributed by atoms with Crippen LogP contribution in [0.5, 0.6) is 0 Å². The molecule has 168 valence electrons. The van der Waals surface area contributed by atoms with Crippen LogP contribution in [0.2, 0.25) is 5.02 Å². The van der Waals surface area contributed by atoms with E-state index in [1.165, 1.54) is 11.9 Å². The molecule has 3 saturated heterocycles. The molecule has 31 heavy (non-hydrogen) atoms. The summed E-state index contributed by atoms with van der Waals surface area (Å²) >= 11 is 9.89. The van der Waals surface area contributed by atoms with E-state index in [0.29, 0.717) is 17.1 Å². The molecule has 3 aliphatic rings. The first-order valence-electron chi connectivity index (χ1n) is 10.2. The summed E-state index contributed by atoms with van der Waals surface area (Å²) in [5.74, 6) is -2.63. The fourth-order valence-electron chi connectivity index (χ4n) is 5.38. The lowest BCUT2D eigenvalue weighted by molar-refractivity contribution is -0.143. The quantitative estimate of drug-likeness (QED) is 0.516. The Kier molecular flexibility index (Phi) is 5.83. The summed E-state index contributed by atoms with van der Waals surface area (Å²) in [6.45, 7) is 3.17. The SMILES string of the molecule is CNC(=O)[C@H]1[C@@H]2OC3(CC2Br)C(C(=O)Nc2c(C)cccc2Cl)N([C@H](C)CO)C(=O)[C@H]13. The van der Waals surface area contributed by atoms with Gasteiger partial charge in [-0.15, -0.1) is 0 Å². The summed E-state index contributed by atoms with van der Waals surface area (Å²) < 4.78 is 6.31. The maximum absolute atomic E-state index is 13.6. The van der Waals surface area contributed by atoms with Gasteiger partial charge in [0.1, 0.15) is 11.6 Å². The van der Waals surface area contributed by atoms with Crippen molar-refractivity contribution in [3.05, 3.63) is 28.8 Å². The summed E-state index contributed by atoms with van der Waals surface area (Å²) in [5, 5.41) is 15.7. The van der Waals surface area contributed by atoms with Crippen molar-refractivity contribution in [2.24, 2.45) is 11.8 Å². The number of nitrogens with zero attached hydrogens (tertiary/aromatic N) is 1. The van der Waals surface area contributed by atoms with Crippen LogP contribution < -0.4 is 10.6 Å². The molecule has 0 radical (unpaired) electrons. The number of halogens is 2. The number of aryl methyl sites for hydroxylation is 1. The molecule has 3 fully saturated rings. The third kappa shape index (κ3) is 3.20. The predicted molar refractivity (Wildman–Crippen MR) is 118 cm³/mol. The summed E-state index contributed by atoms with van der Waals surface area (Å²) in [6.07, 6.45) is -0.117. The normalized spacial score (nSPS) is 34.6. The van der Waals surface area contributed by atoms with Gasteiger partial charge in [-0.3, -0.25) is 14.4 Å². The minimum absolute atomic E-state index is 0.180. The van der Waals surface area contributed by atoms with Crippen LogP contribution in [-0.4, -0.2) is 70.0 Å². The van der Waals surface area contributed by atoms with E-state index in [-0.39, 0.29) is 23.2 Å². The first kappa shape index (κ1) is 22.5. The van der Waals surface area contributed by atoms with E-state index >= 15 is 0 Å². The maximum atomic E-state index is 13.6. The number of ether oxygens (including phenoxy) is 1. The number of carbonyl (C=O) groups is 3. The molecule has 1 aromatic carbocycles. The van der Waals surface area contributed by atoms with E-state index in [2.05, 4.69) is 26.6 Å². The first-order chi connectivity index (χ1) is 14.7.